The molecule has 1 unspecified atom stereocenters. The summed E-state index contributed by atoms with van der Waals surface area (Å²) in [5.41, 5.74) is 1.94. The van der Waals surface area contributed by atoms with Crippen LogP contribution in [0.1, 0.15) is 19.8 Å². The van der Waals surface area contributed by atoms with Gasteiger partial charge in [0.1, 0.15) is 12.6 Å². The summed E-state index contributed by atoms with van der Waals surface area (Å²) in [4.78, 5) is 45.9. The van der Waals surface area contributed by atoms with Crippen molar-refractivity contribution in [1.82, 2.24) is 5.32 Å². The molecular weight excluding hydrogens is 474 g/mol. The van der Waals surface area contributed by atoms with Crippen LogP contribution in [0.5, 0.6) is 0 Å². The van der Waals surface area contributed by atoms with Crippen molar-refractivity contribution in [3.8, 4) is 0 Å². The van der Waals surface area contributed by atoms with E-state index < -0.39 is 28.8 Å². The zero-order valence-corrected chi connectivity index (χ0v) is 19.6. The Morgan fingerprint density at radius 2 is 1.64 bits per heavy atom. The van der Waals surface area contributed by atoms with Crippen molar-refractivity contribution < 1.29 is 34.3 Å². The second-order valence-corrected chi connectivity index (χ2v) is 7.51. The standard InChI is InChI=1S/C23H27N5O8/c1-2-27(13-14-36-15-21(29)24-20(23(32)33)11-12-22(30)31)18-7-3-16(4-8-18)25-26-17-5-9-19(10-6-17)28(34)35/h3-10,20H,2,11-15H2,1H3,(H,24,29)(H,30,31)(H,32,33). The highest BCUT2D eigenvalue weighted by Crippen LogP contribution is 2.23. The molecule has 0 spiro atoms. The van der Waals surface area contributed by atoms with E-state index in [4.69, 9.17) is 14.9 Å². The Balaban J connectivity index is 1.81. The number of carboxylic acids is 2. The Morgan fingerprint density at radius 1 is 1.06 bits per heavy atom. The second-order valence-electron chi connectivity index (χ2n) is 7.51. The van der Waals surface area contributed by atoms with Gasteiger partial charge in [0.15, 0.2) is 0 Å². The van der Waals surface area contributed by atoms with Gasteiger partial charge in [-0.25, -0.2) is 4.79 Å². The van der Waals surface area contributed by atoms with E-state index >= 15 is 0 Å². The van der Waals surface area contributed by atoms with Crippen LogP contribution in [-0.2, 0) is 19.1 Å². The van der Waals surface area contributed by atoms with E-state index in [0.29, 0.717) is 24.5 Å². The minimum absolute atomic E-state index is 0.0252. The number of hydrogen-bond donors (Lipinski definition) is 3. The number of aliphatic carboxylic acids is 2. The molecule has 2 rings (SSSR count). The Labute approximate surface area is 206 Å². The Bertz CT molecular complexity index is 1070. The SMILES string of the molecule is CCN(CCOCC(=O)NC(CCC(=O)O)C(=O)O)c1ccc(N=Nc2ccc([N+](=O)[O-])cc2)cc1. The molecule has 0 aliphatic heterocycles. The lowest BCUT2D eigenvalue weighted by Crippen LogP contribution is -2.43. The number of nitrogens with zero attached hydrogens (tertiary/aromatic N) is 4. The minimum Gasteiger partial charge on any atom is -0.481 e. The summed E-state index contributed by atoms with van der Waals surface area (Å²) in [6, 6.07) is 11.7. The molecular formula is C23H27N5O8. The van der Waals surface area contributed by atoms with Crippen LogP contribution in [0.25, 0.3) is 0 Å². The molecule has 3 N–H and O–H groups in total. The summed E-state index contributed by atoms with van der Waals surface area (Å²) in [7, 11) is 0. The maximum atomic E-state index is 11.9. The highest BCUT2D eigenvalue weighted by Gasteiger charge is 2.20. The lowest BCUT2D eigenvalue weighted by Gasteiger charge is -2.23. The third kappa shape index (κ3) is 9.46. The van der Waals surface area contributed by atoms with E-state index in [9.17, 15) is 24.5 Å². The van der Waals surface area contributed by atoms with Crippen molar-refractivity contribution in [3.63, 3.8) is 0 Å². The third-order valence-electron chi connectivity index (χ3n) is 4.96. The summed E-state index contributed by atoms with van der Waals surface area (Å²) in [6.45, 7) is 2.94. The van der Waals surface area contributed by atoms with Crippen molar-refractivity contribution in [1.29, 1.82) is 0 Å². The quantitative estimate of drug-likeness (QED) is 0.143. The lowest BCUT2D eigenvalue weighted by molar-refractivity contribution is -0.384. The molecule has 0 aliphatic rings. The van der Waals surface area contributed by atoms with Crippen LogP contribution < -0.4 is 10.2 Å². The number of nitro groups is 1. The van der Waals surface area contributed by atoms with Crippen molar-refractivity contribution in [2.24, 2.45) is 10.2 Å². The van der Waals surface area contributed by atoms with Crippen LogP contribution in [-0.4, -0.2) is 65.3 Å². The van der Waals surface area contributed by atoms with Crippen molar-refractivity contribution >= 4 is 40.6 Å². The van der Waals surface area contributed by atoms with Gasteiger partial charge >= 0.3 is 11.9 Å². The van der Waals surface area contributed by atoms with Crippen LogP contribution in [0.4, 0.5) is 22.7 Å². The van der Waals surface area contributed by atoms with Crippen molar-refractivity contribution in [2.75, 3.05) is 31.2 Å². The Hall–Kier alpha value is -4.39. The first-order chi connectivity index (χ1) is 17.2. The topological polar surface area (TPSA) is 184 Å². The molecule has 0 saturated carbocycles. The van der Waals surface area contributed by atoms with Gasteiger partial charge in [-0.15, -0.1) is 0 Å². The number of azo groups is 1. The molecule has 0 aromatic heterocycles. The molecule has 2 aromatic carbocycles. The number of nitrogens with one attached hydrogen (secondary N) is 1. The molecule has 2 aromatic rings. The number of carbonyl (C=O) groups is 3. The van der Waals surface area contributed by atoms with Crippen LogP contribution >= 0.6 is 0 Å². The molecule has 0 fully saturated rings. The fourth-order valence-electron chi connectivity index (χ4n) is 3.06. The number of rotatable bonds is 15. The summed E-state index contributed by atoms with van der Waals surface area (Å²) >= 11 is 0. The number of ether oxygens (including phenoxy) is 1. The van der Waals surface area contributed by atoms with Gasteiger partial charge in [-0.3, -0.25) is 19.7 Å². The molecule has 0 aliphatic carbocycles. The van der Waals surface area contributed by atoms with E-state index in [2.05, 4.69) is 15.5 Å². The molecule has 0 bridgehead atoms. The molecule has 1 amide bonds. The number of amides is 1. The maximum Gasteiger partial charge on any atom is 0.326 e. The van der Waals surface area contributed by atoms with Gasteiger partial charge in [0, 0.05) is 37.3 Å². The molecule has 192 valence electrons. The molecule has 13 nitrogen and oxygen atoms in total. The average molecular weight is 501 g/mol. The van der Waals surface area contributed by atoms with Gasteiger partial charge in [0.2, 0.25) is 5.91 Å². The average Bonchev–Trinajstić information content (AvgIpc) is 2.85. The first-order valence-corrected chi connectivity index (χ1v) is 11.0. The smallest absolute Gasteiger partial charge is 0.326 e. The van der Waals surface area contributed by atoms with Crippen LogP contribution in [0.2, 0.25) is 0 Å². The normalized spacial score (nSPS) is 11.7. The van der Waals surface area contributed by atoms with Gasteiger partial charge in [-0.2, -0.15) is 10.2 Å². The van der Waals surface area contributed by atoms with E-state index in [-0.39, 0.29) is 31.7 Å². The van der Waals surface area contributed by atoms with Crippen molar-refractivity contribution in [3.05, 3.63) is 58.6 Å². The fraction of sp³-hybridized carbons (Fsp3) is 0.348. The number of benzene rings is 2. The summed E-state index contributed by atoms with van der Waals surface area (Å²) < 4.78 is 5.35. The number of carboxylic acid groups (broad SMARTS) is 2. The van der Waals surface area contributed by atoms with Crippen LogP contribution in [0, 0.1) is 10.1 Å². The number of carbonyl (C=O) groups excluding carboxylic acids is 1. The molecule has 36 heavy (non-hydrogen) atoms. The van der Waals surface area contributed by atoms with E-state index in [1.165, 1.54) is 24.3 Å². The first kappa shape index (κ1) is 27.9. The fourth-order valence-corrected chi connectivity index (χ4v) is 3.06. The van der Waals surface area contributed by atoms with Gasteiger partial charge in [0.05, 0.1) is 22.9 Å². The summed E-state index contributed by atoms with van der Waals surface area (Å²) in [5.74, 6) is -3.09. The zero-order valence-electron chi connectivity index (χ0n) is 19.6. The van der Waals surface area contributed by atoms with E-state index in [0.717, 1.165) is 5.69 Å². The number of likely N-dealkylation sites (N-methyl/N-ethyl adjacent to an activating group) is 1. The monoisotopic (exact) mass is 501 g/mol. The Morgan fingerprint density at radius 3 is 2.14 bits per heavy atom. The first-order valence-electron chi connectivity index (χ1n) is 11.0. The van der Waals surface area contributed by atoms with Gasteiger partial charge in [-0.05, 0) is 49.7 Å². The molecule has 0 heterocycles. The highest BCUT2D eigenvalue weighted by molar-refractivity contribution is 5.84. The summed E-state index contributed by atoms with van der Waals surface area (Å²) in [5, 5.41) is 38.9. The van der Waals surface area contributed by atoms with Crippen LogP contribution in [0.3, 0.4) is 0 Å². The molecule has 0 radical (unpaired) electrons. The van der Waals surface area contributed by atoms with Gasteiger partial charge < -0.3 is 25.2 Å². The molecule has 1 atom stereocenters. The zero-order chi connectivity index (χ0) is 26.5. The lowest BCUT2D eigenvalue weighted by atomic mass is 10.1. The maximum absolute atomic E-state index is 11.9. The molecule has 0 saturated heterocycles. The number of hydrogen-bond acceptors (Lipinski definition) is 9. The van der Waals surface area contributed by atoms with Crippen LogP contribution in [0.15, 0.2) is 58.8 Å². The number of anilines is 1. The largest absolute Gasteiger partial charge is 0.481 e. The minimum atomic E-state index is -1.31. The molecule has 13 heteroatoms. The number of nitro benzene ring substituents is 1. The predicted octanol–water partition coefficient (Wildman–Crippen LogP) is 3.29. The Kier molecular flexibility index (Phi) is 10.9. The van der Waals surface area contributed by atoms with E-state index in [1.807, 2.05) is 24.0 Å². The van der Waals surface area contributed by atoms with Gasteiger partial charge in [0.25, 0.3) is 5.69 Å². The third-order valence-corrected chi connectivity index (χ3v) is 4.96. The van der Waals surface area contributed by atoms with E-state index in [1.54, 1.807) is 12.1 Å². The highest BCUT2D eigenvalue weighted by atomic mass is 16.6. The predicted molar refractivity (Wildman–Crippen MR) is 129 cm³/mol. The number of non-ortho nitro benzene ring substituents is 1. The summed E-state index contributed by atoms with van der Waals surface area (Å²) in [6.07, 6.45) is -0.593. The van der Waals surface area contributed by atoms with Crippen molar-refractivity contribution in [2.45, 2.75) is 25.8 Å². The second kappa shape index (κ2) is 14.1. The van der Waals surface area contributed by atoms with Gasteiger partial charge in [-0.1, -0.05) is 0 Å².